The Morgan fingerprint density at radius 1 is 1.13 bits per heavy atom. The van der Waals surface area contributed by atoms with E-state index in [1.54, 1.807) is 30.3 Å². The van der Waals surface area contributed by atoms with Crippen molar-refractivity contribution in [3.05, 3.63) is 48.0 Å². The first-order valence-corrected chi connectivity index (χ1v) is 7.42. The van der Waals surface area contributed by atoms with Crippen LogP contribution in [0.3, 0.4) is 0 Å². The Balaban J connectivity index is 2.19. The maximum Gasteiger partial charge on any atom is 0.381 e. The molecule has 0 saturated carbocycles. The Kier molecular flexibility index (Phi) is 7.94. The second-order valence-electron chi connectivity index (χ2n) is 4.74. The lowest BCUT2D eigenvalue weighted by Gasteiger charge is -2.09. The van der Waals surface area contributed by atoms with Gasteiger partial charge in [-0.25, -0.2) is 9.59 Å². The molecule has 0 N–H and O–H groups in total. The number of esters is 2. The van der Waals surface area contributed by atoms with Gasteiger partial charge in [0, 0.05) is 0 Å². The fourth-order valence-electron chi connectivity index (χ4n) is 1.71. The summed E-state index contributed by atoms with van der Waals surface area (Å²) in [5.41, 5.74) is 0.474. The molecule has 23 heavy (non-hydrogen) atoms. The highest BCUT2D eigenvalue weighted by molar-refractivity contribution is 5.89. The monoisotopic (exact) mass is 326 g/mol. The first-order chi connectivity index (χ1) is 11.0. The van der Waals surface area contributed by atoms with Crippen LogP contribution in [-0.2, 0) is 14.3 Å². The molecule has 0 amide bonds. The molecule has 0 saturated heterocycles. The van der Waals surface area contributed by atoms with Crippen LogP contribution in [-0.4, -0.2) is 31.1 Å². The van der Waals surface area contributed by atoms with Crippen molar-refractivity contribution in [2.24, 2.45) is 0 Å². The molecule has 0 bridgehead atoms. The third kappa shape index (κ3) is 7.04. The van der Waals surface area contributed by atoms with Crippen LogP contribution in [0.25, 0.3) is 0 Å². The van der Waals surface area contributed by atoms with E-state index < -0.39 is 17.9 Å². The molecule has 0 heterocycles. The summed E-state index contributed by atoms with van der Waals surface area (Å²) in [5, 5.41) is 0. The van der Waals surface area contributed by atoms with Crippen molar-refractivity contribution < 1.29 is 27.8 Å². The van der Waals surface area contributed by atoms with Gasteiger partial charge < -0.3 is 9.47 Å². The largest absolute Gasteiger partial charge is 0.462 e. The van der Waals surface area contributed by atoms with Gasteiger partial charge in [0.05, 0.1) is 18.8 Å². The van der Waals surface area contributed by atoms with Crippen LogP contribution in [0.4, 0.5) is 8.78 Å². The fourth-order valence-corrected chi connectivity index (χ4v) is 1.71. The predicted octanol–water partition coefficient (Wildman–Crippen LogP) is 3.77. The van der Waals surface area contributed by atoms with E-state index in [0.29, 0.717) is 30.9 Å². The molecule has 0 fully saturated rings. The van der Waals surface area contributed by atoms with Gasteiger partial charge in [0.15, 0.2) is 0 Å². The van der Waals surface area contributed by atoms with Gasteiger partial charge >= 0.3 is 17.9 Å². The number of carbonyl (C=O) groups excluding carboxylic acids is 2. The molecule has 0 aliphatic carbocycles. The quantitative estimate of drug-likeness (QED) is 0.394. The van der Waals surface area contributed by atoms with E-state index in [1.807, 2.05) is 0 Å². The van der Waals surface area contributed by atoms with Gasteiger partial charge in [0.25, 0.3) is 0 Å². The molecule has 4 nitrogen and oxygen atoms in total. The number of alkyl halides is 2. The molecule has 126 valence electrons. The maximum atomic E-state index is 13.2. The lowest BCUT2D eigenvalue weighted by molar-refractivity contribution is -0.164. The zero-order chi connectivity index (χ0) is 17.1. The van der Waals surface area contributed by atoms with Crippen LogP contribution in [0.1, 0.15) is 36.5 Å². The molecule has 1 aromatic carbocycles. The van der Waals surface area contributed by atoms with Gasteiger partial charge in [-0.15, -0.1) is 0 Å². The molecule has 0 unspecified atom stereocenters. The van der Waals surface area contributed by atoms with E-state index in [2.05, 4.69) is 4.74 Å². The molecule has 6 heteroatoms. The van der Waals surface area contributed by atoms with E-state index in [9.17, 15) is 18.4 Å². The first kappa shape index (κ1) is 18.8. The fraction of sp³-hybridized carbons (Fsp3) is 0.412. The van der Waals surface area contributed by atoms with E-state index in [4.69, 9.17) is 4.74 Å². The van der Waals surface area contributed by atoms with Crippen LogP contribution >= 0.6 is 0 Å². The molecule has 0 radical (unpaired) electrons. The number of hydrogen-bond donors (Lipinski definition) is 0. The minimum atomic E-state index is -3.60. The SMILES string of the molecule is CCOC(=O)C(F)(F)/C=C/CCCCOC(=O)c1ccccc1. The third-order valence-corrected chi connectivity index (χ3v) is 2.88. The summed E-state index contributed by atoms with van der Waals surface area (Å²) in [7, 11) is 0. The molecule has 1 aromatic rings. The predicted molar refractivity (Wildman–Crippen MR) is 81.3 cm³/mol. The standard InChI is InChI=1S/C17H20F2O4/c1-2-22-16(21)17(18,19)12-8-3-4-9-13-23-15(20)14-10-6-5-7-11-14/h5-8,10-12H,2-4,9,13H2,1H3/b12-8+. The second-order valence-corrected chi connectivity index (χ2v) is 4.74. The summed E-state index contributed by atoms with van der Waals surface area (Å²) in [4.78, 5) is 22.6. The van der Waals surface area contributed by atoms with E-state index in [-0.39, 0.29) is 13.2 Å². The van der Waals surface area contributed by atoms with Gasteiger partial charge in [0.1, 0.15) is 0 Å². The van der Waals surface area contributed by atoms with Crippen LogP contribution in [0.2, 0.25) is 0 Å². The lowest BCUT2D eigenvalue weighted by atomic mass is 10.2. The number of benzene rings is 1. The van der Waals surface area contributed by atoms with Crippen LogP contribution in [0, 0.1) is 0 Å². The van der Waals surface area contributed by atoms with Crippen molar-refractivity contribution in [1.82, 2.24) is 0 Å². The van der Waals surface area contributed by atoms with Gasteiger partial charge in [-0.05, 0) is 44.4 Å². The average Bonchev–Trinajstić information content (AvgIpc) is 2.54. The molecule has 0 spiro atoms. The molecular weight excluding hydrogens is 306 g/mol. The average molecular weight is 326 g/mol. The number of carbonyl (C=O) groups is 2. The minimum absolute atomic E-state index is 0.0882. The first-order valence-electron chi connectivity index (χ1n) is 7.42. The molecule has 0 aliphatic rings. The molecule has 0 aliphatic heterocycles. The summed E-state index contributed by atoms with van der Waals surface area (Å²) >= 11 is 0. The van der Waals surface area contributed by atoms with Crippen LogP contribution in [0.5, 0.6) is 0 Å². The molecule has 0 atom stereocenters. The van der Waals surface area contributed by atoms with Crippen molar-refractivity contribution >= 4 is 11.9 Å². The Hall–Kier alpha value is -2.24. The summed E-state index contributed by atoms with van der Waals surface area (Å²) in [6.45, 7) is 1.60. The number of ether oxygens (including phenoxy) is 2. The van der Waals surface area contributed by atoms with Crippen molar-refractivity contribution in [3.63, 3.8) is 0 Å². The highest BCUT2D eigenvalue weighted by Gasteiger charge is 2.37. The van der Waals surface area contributed by atoms with Crippen molar-refractivity contribution in [3.8, 4) is 0 Å². The van der Waals surface area contributed by atoms with Crippen molar-refractivity contribution in [2.75, 3.05) is 13.2 Å². The maximum absolute atomic E-state index is 13.2. The minimum Gasteiger partial charge on any atom is -0.462 e. The molecular formula is C17H20F2O4. The van der Waals surface area contributed by atoms with Crippen molar-refractivity contribution in [1.29, 1.82) is 0 Å². The summed E-state index contributed by atoms with van der Waals surface area (Å²) in [6, 6.07) is 8.59. The Morgan fingerprint density at radius 2 is 1.83 bits per heavy atom. The number of hydrogen-bond acceptors (Lipinski definition) is 4. The smallest absolute Gasteiger partial charge is 0.381 e. The van der Waals surface area contributed by atoms with Crippen molar-refractivity contribution in [2.45, 2.75) is 32.1 Å². The highest BCUT2D eigenvalue weighted by atomic mass is 19.3. The Bertz CT molecular complexity index is 527. The van der Waals surface area contributed by atoms with Gasteiger partial charge in [0.2, 0.25) is 0 Å². The topological polar surface area (TPSA) is 52.6 Å². The summed E-state index contributed by atoms with van der Waals surface area (Å²) in [5.74, 6) is -5.56. The molecule has 0 aromatic heterocycles. The number of rotatable bonds is 9. The van der Waals surface area contributed by atoms with Gasteiger partial charge in [-0.1, -0.05) is 24.3 Å². The van der Waals surface area contributed by atoms with E-state index in [1.165, 1.54) is 13.0 Å². The van der Waals surface area contributed by atoms with Crippen LogP contribution < -0.4 is 0 Å². The lowest BCUT2D eigenvalue weighted by Crippen LogP contribution is -2.28. The van der Waals surface area contributed by atoms with E-state index >= 15 is 0 Å². The van der Waals surface area contributed by atoms with Gasteiger partial charge in [-0.2, -0.15) is 8.78 Å². The Labute approximate surface area is 134 Å². The van der Waals surface area contributed by atoms with Gasteiger partial charge in [-0.3, -0.25) is 0 Å². The third-order valence-electron chi connectivity index (χ3n) is 2.88. The van der Waals surface area contributed by atoms with Crippen LogP contribution in [0.15, 0.2) is 42.5 Å². The zero-order valence-electron chi connectivity index (χ0n) is 13.0. The highest BCUT2D eigenvalue weighted by Crippen LogP contribution is 2.18. The second kappa shape index (κ2) is 9.71. The number of allylic oxidation sites excluding steroid dienone is 1. The Morgan fingerprint density at radius 3 is 2.48 bits per heavy atom. The number of halogens is 2. The summed E-state index contributed by atoms with van der Waals surface area (Å²) in [6.07, 6.45) is 3.25. The zero-order valence-corrected chi connectivity index (χ0v) is 13.0. The number of unbranched alkanes of at least 4 members (excludes halogenated alkanes) is 2. The van der Waals surface area contributed by atoms with E-state index in [0.717, 1.165) is 0 Å². The normalized spacial score (nSPS) is 11.4. The molecule has 1 rings (SSSR count). The summed E-state index contributed by atoms with van der Waals surface area (Å²) < 4.78 is 35.8.